The number of hydrogen-bond donors (Lipinski definition) is 2. The van der Waals surface area contributed by atoms with Gasteiger partial charge in [0.15, 0.2) is 0 Å². The summed E-state index contributed by atoms with van der Waals surface area (Å²) in [7, 11) is 0. The molecule has 2 saturated carbocycles. The van der Waals surface area contributed by atoms with E-state index in [9.17, 15) is 0 Å². The van der Waals surface area contributed by atoms with Crippen LogP contribution in [0.15, 0.2) is 0 Å². The van der Waals surface area contributed by atoms with E-state index in [1.165, 1.54) is 57.9 Å². The van der Waals surface area contributed by atoms with Crippen molar-refractivity contribution in [1.82, 2.24) is 5.32 Å². The minimum atomic E-state index is 0.963. The average molecular weight is 298 g/mol. The van der Waals surface area contributed by atoms with E-state index in [0.717, 1.165) is 30.1 Å². The maximum Gasteiger partial charge on any atom is 0.00397 e. The monoisotopic (exact) mass is 297 g/mol. The van der Waals surface area contributed by atoms with Gasteiger partial charge >= 0.3 is 0 Å². The quantitative estimate of drug-likeness (QED) is 0.471. The van der Waals surface area contributed by atoms with Gasteiger partial charge in [-0.2, -0.15) is 12.6 Å². The highest BCUT2D eigenvalue weighted by atomic mass is 32.1. The topological polar surface area (TPSA) is 12.0 Å². The third-order valence-corrected chi connectivity index (χ3v) is 5.94. The highest BCUT2D eigenvalue weighted by Crippen LogP contribution is 2.40. The normalized spacial score (nSPS) is 28.6. The molecule has 0 saturated heterocycles. The van der Waals surface area contributed by atoms with Crippen LogP contribution in [0.3, 0.4) is 0 Å². The fourth-order valence-electron chi connectivity index (χ4n) is 4.44. The van der Waals surface area contributed by atoms with Gasteiger partial charge < -0.3 is 5.32 Å². The van der Waals surface area contributed by atoms with E-state index in [2.05, 4.69) is 17.9 Å². The first kappa shape index (κ1) is 16.7. The second kappa shape index (κ2) is 10.1. The largest absolute Gasteiger partial charge is 0.316 e. The maximum absolute atomic E-state index is 4.22. The van der Waals surface area contributed by atoms with Gasteiger partial charge in [-0.3, -0.25) is 0 Å². The van der Waals surface area contributed by atoms with E-state index in [1.54, 1.807) is 25.7 Å². The van der Waals surface area contributed by atoms with Crippen LogP contribution in [0.2, 0.25) is 0 Å². The Hall–Kier alpha value is 0.310. The summed E-state index contributed by atoms with van der Waals surface area (Å²) in [6, 6.07) is 0. The molecule has 0 heterocycles. The Morgan fingerprint density at radius 3 is 2.15 bits per heavy atom. The Bertz CT molecular complexity index is 230. The summed E-state index contributed by atoms with van der Waals surface area (Å²) in [5, 5.41) is 3.45. The molecule has 0 aromatic carbocycles. The van der Waals surface area contributed by atoms with E-state index in [-0.39, 0.29) is 0 Å². The lowest BCUT2D eigenvalue weighted by atomic mass is 9.70. The Morgan fingerprint density at radius 1 is 0.750 bits per heavy atom. The van der Waals surface area contributed by atoms with Gasteiger partial charge in [0.05, 0.1) is 0 Å². The molecule has 2 fully saturated rings. The van der Waals surface area contributed by atoms with Gasteiger partial charge in [0.1, 0.15) is 0 Å². The molecule has 0 atom stereocenters. The first-order chi connectivity index (χ1) is 9.90. The van der Waals surface area contributed by atoms with Crippen molar-refractivity contribution in [3.63, 3.8) is 0 Å². The molecule has 0 aromatic rings. The molecule has 2 heteroatoms. The SMILES string of the molecule is SCCNCCCCC1CCC(C2CCCCC2)CC1. The number of rotatable bonds is 8. The van der Waals surface area contributed by atoms with Crippen LogP contribution < -0.4 is 5.32 Å². The number of hydrogen-bond acceptors (Lipinski definition) is 2. The van der Waals surface area contributed by atoms with Crippen LogP contribution in [-0.4, -0.2) is 18.8 Å². The van der Waals surface area contributed by atoms with E-state index >= 15 is 0 Å². The zero-order valence-corrected chi connectivity index (χ0v) is 14.2. The second-order valence-corrected chi connectivity index (χ2v) is 7.60. The summed E-state index contributed by atoms with van der Waals surface area (Å²) in [5.74, 6) is 4.23. The minimum Gasteiger partial charge on any atom is -0.316 e. The fourth-order valence-corrected chi connectivity index (χ4v) is 4.60. The Balaban J connectivity index is 1.50. The van der Waals surface area contributed by atoms with Crippen LogP contribution in [0, 0.1) is 17.8 Å². The summed E-state index contributed by atoms with van der Waals surface area (Å²) in [4.78, 5) is 0. The maximum atomic E-state index is 4.22. The van der Waals surface area contributed by atoms with Gasteiger partial charge in [-0.15, -0.1) is 0 Å². The van der Waals surface area contributed by atoms with Crippen molar-refractivity contribution >= 4 is 12.6 Å². The Kier molecular flexibility index (Phi) is 8.43. The molecule has 2 aliphatic rings. The summed E-state index contributed by atoms with van der Waals surface area (Å²) in [6.07, 6.45) is 18.1. The summed E-state index contributed by atoms with van der Waals surface area (Å²) in [6.45, 7) is 2.26. The third-order valence-electron chi connectivity index (χ3n) is 5.71. The first-order valence-electron chi connectivity index (χ1n) is 9.21. The van der Waals surface area contributed by atoms with Crippen LogP contribution in [-0.2, 0) is 0 Å². The zero-order valence-electron chi connectivity index (χ0n) is 13.3. The molecule has 0 spiro atoms. The highest BCUT2D eigenvalue weighted by molar-refractivity contribution is 7.80. The fraction of sp³-hybridized carbons (Fsp3) is 1.00. The van der Waals surface area contributed by atoms with Gasteiger partial charge in [0.25, 0.3) is 0 Å². The van der Waals surface area contributed by atoms with E-state index in [0.29, 0.717) is 0 Å². The lowest BCUT2D eigenvalue weighted by Gasteiger charge is -2.36. The molecule has 2 aliphatic carbocycles. The number of thiol groups is 1. The van der Waals surface area contributed by atoms with Crippen molar-refractivity contribution in [2.24, 2.45) is 17.8 Å². The smallest absolute Gasteiger partial charge is 0.00397 e. The predicted molar refractivity (Wildman–Crippen MR) is 92.6 cm³/mol. The van der Waals surface area contributed by atoms with Crippen molar-refractivity contribution in [2.45, 2.75) is 77.0 Å². The van der Waals surface area contributed by atoms with Crippen molar-refractivity contribution in [3.05, 3.63) is 0 Å². The molecule has 20 heavy (non-hydrogen) atoms. The van der Waals surface area contributed by atoms with Crippen LogP contribution >= 0.6 is 12.6 Å². The molecule has 1 nitrogen and oxygen atoms in total. The van der Waals surface area contributed by atoms with Crippen molar-refractivity contribution in [3.8, 4) is 0 Å². The second-order valence-electron chi connectivity index (χ2n) is 7.15. The van der Waals surface area contributed by atoms with E-state index < -0.39 is 0 Å². The zero-order chi connectivity index (χ0) is 14.0. The van der Waals surface area contributed by atoms with Crippen molar-refractivity contribution in [2.75, 3.05) is 18.8 Å². The van der Waals surface area contributed by atoms with Crippen LogP contribution in [0.5, 0.6) is 0 Å². The van der Waals surface area contributed by atoms with Gasteiger partial charge in [0.2, 0.25) is 0 Å². The molecule has 0 aromatic heterocycles. The number of nitrogens with one attached hydrogen (secondary N) is 1. The molecule has 118 valence electrons. The highest BCUT2D eigenvalue weighted by Gasteiger charge is 2.28. The van der Waals surface area contributed by atoms with Crippen LogP contribution in [0.4, 0.5) is 0 Å². The standard InChI is InChI=1S/C18H35NS/c20-15-14-19-13-5-4-6-16-9-11-18(12-10-16)17-7-2-1-3-8-17/h16-20H,1-15H2. The van der Waals surface area contributed by atoms with E-state index in [4.69, 9.17) is 0 Å². The summed E-state index contributed by atoms with van der Waals surface area (Å²) >= 11 is 4.22. The minimum absolute atomic E-state index is 0.963. The molecular weight excluding hydrogens is 262 g/mol. The summed E-state index contributed by atoms with van der Waals surface area (Å²) < 4.78 is 0. The van der Waals surface area contributed by atoms with Crippen molar-refractivity contribution < 1.29 is 0 Å². The molecule has 0 amide bonds. The molecular formula is C18H35NS. The predicted octanol–water partition coefficient (Wildman–Crippen LogP) is 5.06. The number of unbranched alkanes of at least 4 members (excludes halogenated alkanes) is 1. The lowest BCUT2D eigenvalue weighted by Crippen LogP contribution is -2.23. The van der Waals surface area contributed by atoms with E-state index in [1.807, 2.05) is 0 Å². The van der Waals surface area contributed by atoms with Crippen molar-refractivity contribution in [1.29, 1.82) is 0 Å². The Labute approximate surface area is 132 Å². The van der Waals surface area contributed by atoms with Crippen LogP contribution in [0.25, 0.3) is 0 Å². The third kappa shape index (κ3) is 5.97. The van der Waals surface area contributed by atoms with Gasteiger partial charge in [-0.1, -0.05) is 57.8 Å². The molecule has 0 unspecified atom stereocenters. The van der Waals surface area contributed by atoms with Gasteiger partial charge in [0, 0.05) is 12.3 Å². The lowest BCUT2D eigenvalue weighted by molar-refractivity contribution is 0.162. The Morgan fingerprint density at radius 2 is 1.45 bits per heavy atom. The van der Waals surface area contributed by atoms with Gasteiger partial charge in [-0.25, -0.2) is 0 Å². The molecule has 0 radical (unpaired) electrons. The molecule has 0 bridgehead atoms. The molecule has 2 rings (SSSR count). The molecule has 0 aliphatic heterocycles. The first-order valence-corrected chi connectivity index (χ1v) is 9.85. The van der Waals surface area contributed by atoms with Crippen LogP contribution in [0.1, 0.15) is 77.0 Å². The summed E-state index contributed by atoms with van der Waals surface area (Å²) in [5.41, 5.74) is 0. The molecule has 1 N–H and O–H groups in total. The van der Waals surface area contributed by atoms with Gasteiger partial charge in [-0.05, 0) is 43.6 Å². The average Bonchev–Trinajstić information content (AvgIpc) is 2.52.